The van der Waals surface area contributed by atoms with Crippen LogP contribution in [0.5, 0.6) is 0 Å². The minimum Gasteiger partial charge on any atom is -0.456 e. The molecule has 0 fully saturated rings. The number of para-hydroxylation sites is 6. The number of aromatic nitrogens is 1. The Morgan fingerprint density at radius 1 is 0.435 bits per heavy atom. The van der Waals surface area contributed by atoms with E-state index in [0.29, 0.717) is 0 Å². The normalized spacial score (nSPS) is 19.0. The Labute approximate surface area is 538 Å². The molecule has 0 bridgehead atoms. The maximum absolute atomic E-state index is 6.43. The Hall–Kier alpha value is -10.8. The Morgan fingerprint density at radius 2 is 1.01 bits per heavy atom. The van der Waals surface area contributed by atoms with Gasteiger partial charge in [-0.05, 0) is 181 Å². The van der Waals surface area contributed by atoms with Gasteiger partial charge in [-0.15, -0.1) is 23.1 Å². The highest BCUT2D eigenvalue weighted by Crippen LogP contribution is 2.60. The molecule has 6 nitrogen and oxygen atoms in total. The van der Waals surface area contributed by atoms with Gasteiger partial charge in [0.2, 0.25) is 0 Å². The molecule has 0 radical (unpaired) electrons. The Bertz CT molecular complexity index is 5960. The minimum atomic E-state index is -0.288. The highest BCUT2D eigenvalue weighted by molar-refractivity contribution is 8.01. The molecule has 2 aliphatic carbocycles. The number of hydrogen-bond donors (Lipinski definition) is 0. The first kappa shape index (κ1) is 52.0. The first-order chi connectivity index (χ1) is 45.3. The van der Waals surface area contributed by atoms with Gasteiger partial charge in [-0.1, -0.05) is 146 Å². The first-order valence-corrected chi connectivity index (χ1v) is 33.3. The summed E-state index contributed by atoms with van der Waals surface area (Å²) in [5, 5.41) is 12.1. The van der Waals surface area contributed by atoms with E-state index >= 15 is 0 Å². The van der Waals surface area contributed by atoms with E-state index < -0.39 is 0 Å². The fraction of sp³-hybridized carbons (Fsp3) is 0.0714. The summed E-state index contributed by atoms with van der Waals surface area (Å²) in [6.45, 7) is 4.84. The lowest BCUT2D eigenvalue weighted by atomic mass is 9.75. The lowest BCUT2D eigenvalue weighted by Crippen LogP contribution is -2.41. The predicted octanol–water partition coefficient (Wildman–Crippen LogP) is 23.4. The number of thiophene rings is 1. The lowest BCUT2D eigenvalue weighted by molar-refractivity contribution is 0.546. The number of fused-ring (bicyclic) bond motifs is 21. The molecule has 4 unspecified atom stereocenters. The van der Waals surface area contributed by atoms with Crippen molar-refractivity contribution >= 4 is 154 Å². The molecule has 92 heavy (non-hydrogen) atoms. The van der Waals surface area contributed by atoms with Gasteiger partial charge in [0.1, 0.15) is 22.3 Å². The number of rotatable bonds is 8. The predicted molar refractivity (Wildman–Crippen MR) is 387 cm³/mol. The molecule has 0 amide bonds. The molecule has 6 heterocycles. The zero-order valence-corrected chi connectivity index (χ0v) is 51.9. The highest BCUT2D eigenvalue weighted by Gasteiger charge is 2.48. The van der Waals surface area contributed by atoms with E-state index in [1.807, 2.05) is 35.2 Å². The molecule has 4 atom stereocenters. The van der Waals surface area contributed by atoms with Crippen LogP contribution < -0.4 is 14.7 Å². The average molecular weight is 1220 g/mol. The molecule has 0 saturated heterocycles. The number of furan rings is 2. The fourth-order valence-corrected chi connectivity index (χ4v) is 18.7. The van der Waals surface area contributed by atoms with Crippen molar-refractivity contribution in [2.24, 2.45) is 0 Å². The molecule has 0 spiro atoms. The number of allylic oxidation sites excluding steroid dienone is 3. The topological polar surface area (TPSA) is 40.9 Å². The average Bonchev–Trinajstić information content (AvgIpc) is 1.55. The summed E-state index contributed by atoms with van der Waals surface area (Å²) in [6.07, 6.45) is 14.7. The summed E-state index contributed by atoms with van der Waals surface area (Å²) in [7, 11) is 0. The molecular weight excluding hydrogens is 1160 g/mol. The quantitative estimate of drug-likeness (QED) is 0.151. The molecule has 0 saturated carbocycles. The third-order valence-electron chi connectivity index (χ3n) is 20.3. The van der Waals surface area contributed by atoms with Crippen LogP contribution in [0.25, 0.3) is 102 Å². The first-order valence-electron chi connectivity index (χ1n) is 31.7. The molecule has 2 aliphatic heterocycles. The van der Waals surface area contributed by atoms with Crippen LogP contribution >= 0.6 is 23.1 Å². The molecule has 4 aliphatic rings. The van der Waals surface area contributed by atoms with Crippen molar-refractivity contribution in [3.05, 3.63) is 314 Å². The monoisotopic (exact) mass is 1220 g/mol. The van der Waals surface area contributed by atoms with Crippen LogP contribution in [0.3, 0.4) is 0 Å². The van der Waals surface area contributed by atoms with Crippen LogP contribution in [0, 0.1) is 0 Å². The molecule has 20 rings (SSSR count). The smallest absolute Gasteiger partial charge is 0.135 e. The van der Waals surface area contributed by atoms with Crippen LogP contribution in [0.2, 0.25) is 0 Å². The molecule has 0 N–H and O–H groups in total. The summed E-state index contributed by atoms with van der Waals surface area (Å²) in [6, 6.07) is 93.3. The second kappa shape index (κ2) is 19.4. The minimum absolute atomic E-state index is 0.0262. The number of anilines is 6. The third-order valence-corrected chi connectivity index (χ3v) is 22.8. The van der Waals surface area contributed by atoms with Gasteiger partial charge in [-0.25, -0.2) is 0 Å². The van der Waals surface area contributed by atoms with E-state index in [-0.39, 0.29) is 22.1 Å². The number of hydrogen-bond acceptors (Lipinski definition) is 7. The Morgan fingerprint density at radius 3 is 1.76 bits per heavy atom. The van der Waals surface area contributed by atoms with Gasteiger partial charge in [0, 0.05) is 125 Å². The number of benzene rings is 12. The van der Waals surface area contributed by atoms with E-state index in [1.165, 1.54) is 74.6 Å². The molecule has 16 aromatic rings. The molecular formula is C84H56N4O2S2. The summed E-state index contributed by atoms with van der Waals surface area (Å²) >= 11 is 3.88. The van der Waals surface area contributed by atoms with Gasteiger partial charge in [-0.2, -0.15) is 0 Å². The van der Waals surface area contributed by atoms with Crippen LogP contribution in [0.15, 0.2) is 316 Å². The third kappa shape index (κ3) is 7.50. The SMILES string of the molecule is CC12C=C(N(c3ccc4oc5ccccc5c4c3)c3ccc4c5ccccc5n(-c5ccccc5)c4c3)C=CC1c1c(ccc3c1ccc1sc4cc(N(C5=CC6N(c7ccccc7)c7ccccc7C6(C)C=C5)c5ccc6oc7ccccc7c6c5)ccc4c13)S2. The van der Waals surface area contributed by atoms with Gasteiger partial charge >= 0.3 is 0 Å². The summed E-state index contributed by atoms with van der Waals surface area (Å²) in [5.74, 6) is 0.136. The van der Waals surface area contributed by atoms with Gasteiger partial charge in [-0.3, -0.25) is 0 Å². The fourth-order valence-electron chi connectivity index (χ4n) is 16.1. The van der Waals surface area contributed by atoms with Crippen LogP contribution in [-0.4, -0.2) is 15.4 Å². The van der Waals surface area contributed by atoms with Crippen molar-refractivity contribution in [2.75, 3.05) is 14.7 Å². The van der Waals surface area contributed by atoms with E-state index in [9.17, 15) is 0 Å². The lowest BCUT2D eigenvalue weighted by Gasteiger charge is -2.38. The number of nitrogens with zero attached hydrogens (tertiary/aromatic N) is 4. The summed E-state index contributed by atoms with van der Waals surface area (Å²) < 4.78 is 17.5. The molecule has 436 valence electrons. The highest BCUT2D eigenvalue weighted by atomic mass is 32.2. The maximum Gasteiger partial charge on any atom is 0.135 e. The second-order valence-electron chi connectivity index (χ2n) is 25.5. The van der Waals surface area contributed by atoms with E-state index in [4.69, 9.17) is 8.83 Å². The van der Waals surface area contributed by atoms with Crippen molar-refractivity contribution in [1.29, 1.82) is 0 Å². The van der Waals surface area contributed by atoms with Crippen molar-refractivity contribution < 1.29 is 8.83 Å². The van der Waals surface area contributed by atoms with E-state index in [1.54, 1.807) is 0 Å². The van der Waals surface area contributed by atoms with Crippen LogP contribution in [0.4, 0.5) is 34.1 Å². The van der Waals surface area contributed by atoms with Gasteiger partial charge in [0.05, 0.1) is 17.1 Å². The van der Waals surface area contributed by atoms with Gasteiger partial charge in [0.25, 0.3) is 0 Å². The van der Waals surface area contributed by atoms with Gasteiger partial charge < -0.3 is 28.1 Å². The second-order valence-corrected chi connectivity index (χ2v) is 28.1. The zero-order valence-electron chi connectivity index (χ0n) is 50.3. The van der Waals surface area contributed by atoms with Crippen molar-refractivity contribution in [3.63, 3.8) is 0 Å². The molecule has 12 aromatic carbocycles. The van der Waals surface area contributed by atoms with Crippen LogP contribution in [0.1, 0.15) is 30.9 Å². The van der Waals surface area contributed by atoms with Crippen molar-refractivity contribution in [1.82, 2.24) is 4.57 Å². The largest absolute Gasteiger partial charge is 0.456 e. The Balaban J connectivity index is 0.707. The van der Waals surface area contributed by atoms with Gasteiger partial charge in [0.15, 0.2) is 0 Å². The van der Waals surface area contributed by atoms with Crippen molar-refractivity contribution in [2.45, 2.75) is 40.9 Å². The van der Waals surface area contributed by atoms with E-state index in [2.05, 4.69) is 312 Å². The maximum atomic E-state index is 6.43. The Kier molecular flexibility index (Phi) is 11.0. The summed E-state index contributed by atoms with van der Waals surface area (Å²) in [4.78, 5) is 8.80. The van der Waals surface area contributed by atoms with Crippen LogP contribution in [-0.2, 0) is 5.41 Å². The van der Waals surface area contributed by atoms with E-state index in [0.717, 1.165) is 89.2 Å². The molecule has 8 heteroatoms. The molecule has 4 aromatic heterocycles. The summed E-state index contributed by atoms with van der Waals surface area (Å²) in [5.41, 5.74) is 18.5. The standard InChI is InChI=1S/C84H56N4O2S2/c1-83-44-43-57(49-80(83)88(52-19-7-4-8-20-52)71-26-14-12-24-68(71)83)85(53-32-39-75-66(45-53)61-22-10-15-27-73(61)89-75)56-30-35-65-79(48-56)91-77-41-36-64-63(81(65)77)37-42-78-82(64)69-38-31-58(50-84(69,2)92-78)86(54-33-40-76-67(46-54)62-23-11-16-28-74(62)90-76)55-29-34-60-59-21-9-13-25-70(59)87(72(60)47-55)51-17-5-3-6-18-51/h3-50,69,80H,1-2H3. The zero-order chi connectivity index (χ0) is 60.6. The van der Waals surface area contributed by atoms with Crippen molar-refractivity contribution in [3.8, 4) is 5.69 Å². The number of thioether (sulfide) groups is 1.